The second-order valence-electron chi connectivity index (χ2n) is 4.32. The number of imidazole rings is 1. The third kappa shape index (κ3) is 1.92. The number of aromatic hydroxyl groups is 1. The Balaban J connectivity index is 1.98. The molecule has 1 aliphatic heterocycles. The summed E-state index contributed by atoms with van der Waals surface area (Å²) in [4.78, 5) is 14.2. The highest BCUT2D eigenvalue weighted by molar-refractivity contribution is 5.75. The van der Waals surface area contributed by atoms with Crippen LogP contribution in [-0.2, 0) is 4.74 Å². The number of aliphatic hydroxyl groups is 3. The quantitative estimate of drug-likeness (QED) is 0.408. The lowest BCUT2D eigenvalue weighted by molar-refractivity contribution is -0.191. The third-order valence-corrected chi connectivity index (χ3v) is 3.06. The Morgan fingerprint density at radius 1 is 1.21 bits per heavy atom. The topological polar surface area (TPSA) is 145 Å². The number of H-pyrrole nitrogens is 1. The number of hydrogen-bond donors (Lipinski definition) is 5. The van der Waals surface area contributed by atoms with Gasteiger partial charge in [-0.2, -0.15) is 4.98 Å². The summed E-state index contributed by atoms with van der Waals surface area (Å²) < 4.78 is 5.24. The molecule has 0 aromatic carbocycles. The molecule has 102 valence electrons. The normalized spacial score (nSPS) is 31.7. The van der Waals surface area contributed by atoms with Crippen molar-refractivity contribution in [2.45, 2.75) is 24.4 Å². The van der Waals surface area contributed by atoms with Gasteiger partial charge in [-0.15, -0.1) is 0 Å². The number of fused-ring (bicyclic) bond motifs is 1. The van der Waals surface area contributed by atoms with Gasteiger partial charge in [-0.1, -0.05) is 0 Å². The SMILES string of the molecule is Oc1ncnc2nc(C3OCC(O)C(O)C3O)[nH]c12. The maximum atomic E-state index is 9.86. The van der Waals surface area contributed by atoms with Gasteiger partial charge in [-0.3, -0.25) is 0 Å². The lowest BCUT2D eigenvalue weighted by Gasteiger charge is -2.34. The molecule has 9 nitrogen and oxygen atoms in total. The molecular weight excluding hydrogens is 256 g/mol. The molecule has 1 aliphatic rings. The van der Waals surface area contributed by atoms with Crippen molar-refractivity contribution in [1.29, 1.82) is 0 Å². The first-order valence-electron chi connectivity index (χ1n) is 5.63. The van der Waals surface area contributed by atoms with Gasteiger partial charge in [-0.05, 0) is 0 Å². The minimum Gasteiger partial charge on any atom is -0.492 e. The minimum absolute atomic E-state index is 0.127. The number of hydrogen-bond acceptors (Lipinski definition) is 8. The van der Waals surface area contributed by atoms with E-state index in [-0.39, 0.29) is 29.5 Å². The van der Waals surface area contributed by atoms with Crippen LogP contribution in [0.1, 0.15) is 11.9 Å². The molecule has 0 saturated carbocycles. The fraction of sp³-hybridized carbons (Fsp3) is 0.500. The first-order chi connectivity index (χ1) is 9.08. The van der Waals surface area contributed by atoms with Gasteiger partial charge < -0.3 is 30.1 Å². The van der Waals surface area contributed by atoms with E-state index in [9.17, 15) is 20.4 Å². The Morgan fingerprint density at radius 2 is 2.00 bits per heavy atom. The molecule has 1 saturated heterocycles. The van der Waals surface area contributed by atoms with Crippen molar-refractivity contribution < 1.29 is 25.2 Å². The van der Waals surface area contributed by atoms with Crippen molar-refractivity contribution in [1.82, 2.24) is 19.9 Å². The molecule has 2 aromatic rings. The predicted molar refractivity (Wildman–Crippen MR) is 60.1 cm³/mol. The summed E-state index contributed by atoms with van der Waals surface area (Å²) in [7, 11) is 0. The van der Waals surface area contributed by atoms with Gasteiger partial charge in [0.1, 0.15) is 42.1 Å². The van der Waals surface area contributed by atoms with E-state index in [2.05, 4.69) is 19.9 Å². The van der Waals surface area contributed by atoms with Crippen molar-refractivity contribution in [3.05, 3.63) is 12.2 Å². The molecule has 0 bridgehead atoms. The smallest absolute Gasteiger partial charge is 0.240 e. The zero-order valence-electron chi connectivity index (χ0n) is 9.63. The Hall–Kier alpha value is -1.81. The molecule has 3 heterocycles. The Labute approximate surface area is 106 Å². The highest BCUT2D eigenvalue weighted by Gasteiger charge is 2.40. The average Bonchev–Trinajstić information content (AvgIpc) is 2.81. The number of ether oxygens (including phenoxy) is 1. The molecule has 4 atom stereocenters. The van der Waals surface area contributed by atoms with Crippen LogP contribution in [0.5, 0.6) is 5.88 Å². The molecule has 0 radical (unpaired) electrons. The van der Waals surface area contributed by atoms with Crippen LogP contribution in [0.4, 0.5) is 0 Å². The Morgan fingerprint density at radius 3 is 2.74 bits per heavy atom. The van der Waals surface area contributed by atoms with Gasteiger partial charge in [0, 0.05) is 0 Å². The molecule has 0 amide bonds. The second kappa shape index (κ2) is 4.38. The lowest BCUT2D eigenvalue weighted by Crippen LogP contribution is -2.49. The van der Waals surface area contributed by atoms with Crippen molar-refractivity contribution in [2.24, 2.45) is 0 Å². The van der Waals surface area contributed by atoms with Gasteiger partial charge >= 0.3 is 0 Å². The van der Waals surface area contributed by atoms with Crippen LogP contribution in [-0.4, -0.2) is 65.3 Å². The number of aromatic amines is 1. The number of nitrogens with zero attached hydrogens (tertiary/aromatic N) is 3. The van der Waals surface area contributed by atoms with Crippen LogP contribution in [0.3, 0.4) is 0 Å². The number of nitrogens with one attached hydrogen (secondary N) is 1. The van der Waals surface area contributed by atoms with Gasteiger partial charge in [0.2, 0.25) is 5.88 Å². The molecular formula is C10H12N4O5. The molecule has 3 rings (SSSR count). The highest BCUT2D eigenvalue weighted by Crippen LogP contribution is 2.29. The molecule has 4 unspecified atom stereocenters. The van der Waals surface area contributed by atoms with Crippen LogP contribution in [0.15, 0.2) is 6.33 Å². The molecule has 0 spiro atoms. The Kier molecular flexibility index (Phi) is 2.82. The van der Waals surface area contributed by atoms with Crippen LogP contribution < -0.4 is 0 Å². The standard InChI is InChI=1S/C10H12N4O5/c15-3-1-19-7(6(17)5(3)16)9-13-4-8(14-9)11-2-12-10(4)18/h2-3,5-7,15-17H,1H2,(H2,11,12,13,14,18). The second-order valence-corrected chi connectivity index (χ2v) is 4.32. The molecule has 5 N–H and O–H groups in total. The van der Waals surface area contributed by atoms with Gasteiger partial charge in [-0.25, -0.2) is 9.97 Å². The number of aliphatic hydroxyl groups excluding tert-OH is 3. The van der Waals surface area contributed by atoms with E-state index >= 15 is 0 Å². The van der Waals surface area contributed by atoms with Gasteiger partial charge in [0.15, 0.2) is 5.65 Å². The maximum absolute atomic E-state index is 9.86. The summed E-state index contributed by atoms with van der Waals surface area (Å²) in [5, 5.41) is 38.4. The largest absolute Gasteiger partial charge is 0.492 e. The fourth-order valence-electron chi connectivity index (χ4n) is 2.02. The zero-order valence-corrected chi connectivity index (χ0v) is 9.63. The van der Waals surface area contributed by atoms with E-state index in [4.69, 9.17) is 4.74 Å². The fourth-order valence-corrected chi connectivity index (χ4v) is 2.02. The van der Waals surface area contributed by atoms with Crippen LogP contribution in [0.25, 0.3) is 11.2 Å². The first kappa shape index (κ1) is 12.2. The van der Waals surface area contributed by atoms with Gasteiger partial charge in [0.05, 0.1) is 6.61 Å². The van der Waals surface area contributed by atoms with Crippen LogP contribution >= 0.6 is 0 Å². The number of rotatable bonds is 1. The van der Waals surface area contributed by atoms with Crippen LogP contribution in [0, 0.1) is 0 Å². The predicted octanol–water partition coefficient (Wildman–Crippen LogP) is -1.79. The molecule has 0 aliphatic carbocycles. The monoisotopic (exact) mass is 268 g/mol. The summed E-state index contributed by atoms with van der Waals surface area (Å²) >= 11 is 0. The van der Waals surface area contributed by atoms with E-state index < -0.39 is 24.4 Å². The van der Waals surface area contributed by atoms with Crippen LogP contribution in [0.2, 0.25) is 0 Å². The molecule has 2 aromatic heterocycles. The zero-order chi connectivity index (χ0) is 13.6. The van der Waals surface area contributed by atoms with E-state index in [1.54, 1.807) is 0 Å². The molecule has 9 heteroatoms. The number of aromatic nitrogens is 4. The summed E-state index contributed by atoms with van der Waals surface area (Å²) in [5.74, 6) is -0.0705. The maximum Gasteiger partial charge on any atom is 0.240 e. The first-order valence-corrected chi connectivity index (χ1v) is 5.63. The third-order valence-electron chi connectivity index (χ3n) is 3.06. The Bertz CT molecular complexity index is 603. The lowest BCUT2D eigenvalue weighted by atomic mass is 10.00. The van der Waals surface area contributed by atoms with E-state index in [1.807, 2.05) is 0 Å². The summed E-state index contributed by atoms with van der Waals surface area (Å²) in [6.07, 6.45) is -3.60. The van der Waals surface area contributed by atoms with Crippen molar-refractivity contribution in [3.8, 4) is 5.88 Å². The minimum atomic E-state index is -1.33. The summed E-state index contributed by atoms with van der Waals surface area (Å²) in [6.45, 7) is -0.127. The van der Waals surface area contributed by atoms with Crippen molar-refractivity contribution >= 4 is 11.2 Å². The van der Waals surface area contributed by atoms with Crippen molar-refractivity contribution in [2.75, 3.05) is 6.61 Å². The summed E-state index contributed by atoms with van der Waals surface area (Å²) in [5.41, 5.74) is 0.438. The highest BCUT2D eigenvalue weighted by atomic mass is 16.5. The van der Waals surface area contributed by atoms with E-state index in [1.165, 1.54) is 0 Å². The van der Waals surface area contributed by atoms with E-state index in [0.717, 1.165) is 6.33 Å². The van der Waals surface area contributed by atoms with E-state index in [0.29, 0.717) is 0 Å². The summed E-state index contributed by atoms with van der Waals surface area (Å²) in [6, 6.07) is 0. The van der Waals surface area contributed by atoms with Crippen molar-refractivity contribution in [3.63, 3.8) is 0 Å². The molecule has 19 heavy (non-hydrogen) atoms. The average molecular weight is 268 g/mol. The van der Waals surface area contributed by atoms with Gasteiger partial charge in [0.25, 0.3) is 0 Å². The molecule has 1 fully saturated rings.